The van der Waals surface area contributed by atoms with Crippen LogP contribution >= 0.6 is 0 Å². The predicted molar refractivity (Wildman–Crippen MR) is 97.3 cm³/mol. The molecule has 5 heteroatoms. The molecule has 2 heterocycles. The summed E-state index contributed by atoms with van der Waals surface area (Å²) in [5.74, 6) is 0.306. The normalized spacial score (nSPS) is 16.5. The monoisotopic (exact) mass is 333 g/mol. The molecular weight excluding hydrogens is 314 g/mol. The smallest absolute Gasteiger partial charge is 0.336 e. The van der Waals surface area contributed by atoms with Crippen molar-refractivity contribution in [2.75, 3.05) is 11.9 Å². The second-order valence-corrected chi connectivity index (χ2v) is 6.09. The molecule has 0 fully saturated rings. The van der Waals surface area contributed by atoms with Crippen LogP contribution in [0, 0.1) is 0 Å². The molecule has 25 heavy (non-hydrogen) atoms. The zero-order valence-corrected chi connectivity index (χ0v) is 14.2. The van der Waals surface area contributed by atoms with E-state index in [0.29, 0.717) is 12.2 Å². The second-order valence-electron chi connectivity index (χ2n) is 6.09. The van der Waals surface area contributed by atoms with Gasteiger partial charge in [0, 0.05) is 17.2 Å². The van der Waals surface area contributed by atoms with Gasteiger partial charge in [0.15, 0.2) is 0 Å². The van der Waals surface area contributed by atoms with Gasteiger partial charge in [0.2, 0.25) is 0 Å². The molecule has 0 radical (unpaired) electrons. The van der Waals surface area contributed by atoms with Crippen molar-refractivity contribution in [2.24, 2.45) is 0 Å². The van der Waals surface area contributed by atoms with Crippen molar-refractivity contribution in [3.05, 3.63) is 71.1 Å². The fraction of sp³-hybridized carbons (Fsp3) is 0.200. The Morgan fingerprint density at radius 1 is 1.16 bits per heavy atom. The van der Waals surface area contributed by atoms with Gasteiger partial charge in [0.25, 0.3) is 0 Å². The number of aromatic amines is 1. The average molecular weight is 333 g/mol. The first-order valence-electron chi connectivity index (χ1n) is 8.36. The maximum Gasteiger partial charge on any atom is 0.336 e. The Morgan fingerprint density at radius 2 is 1.96 bits per heavy atom. The second kappa shape index (κ2) is 6.09. The molecule has 3 aromatic rings. The van der Waals surface area contributed by atoms with Crippen molar-refractivity contribution in [2.45, 2.75) is 19.8 Å². The van der Waals surface area contributed by atoms with E-state index in [1.807, 2.05) is 32.0 Å². The molecule has 1 unspecified atom stereocenters. The van der Waals surface area contributed by atoms with Gasteiger partial charge in [-0.25, -0.2) is 4.79 Å². The third-order valence-corrected chi connectivity index (χ3v) is 4.61. The maximum atomic E-state index is 12.7. The Hall–Kier alpha value is -3.08. The lowest BCUT2D eigenvalue weighted by Crippen LogP contribution is -2.24. The molecule has 0 amide bonds. The summed E-state index contributed by atoms with van der Waals surface area (Å²) >= 11 is 0. The zero-order chi connectivity index (χ0) is 17.4. The Kier molecular flexibility index (Phi) is 3.76. The van der Waals surface area contributed by atoms with E-state index in [9.17, 15) is 4.79 Å². The number of nitrogens with zero attached hydrogens (tertiary/aromatic N) is 1. The highest BCUT2D eigenvalue weighted by Crippen LogP contribution is 2.43. The number of ether oxygens (including phenoxy) is 1. The quantitative estimate of drug-likeness (QED) is 0.712. The Morgan fingerprint density at radius 3 is 2.80 bits per heavy atom. The lowest BCUT2D eigenvalue weighted by atomic mass is 9.81. The largest absolute Gasteiger partial charge is 0.463 e. The minimum absolute atomic E-state index is 0.222. The molecule has 1 aliphatic heterocycles. The summed E-state index contributed by atoms with van der Waals surface area (Å²) in [6, 6.07) is 14.4. The van der Waals surface area contributed by atoms with Crippen molar-refractivity contribution in [3.63, 3.8) is 0 Å². The molecule has 126 valence electrons. The predicted octanol–water partition coefficient (Wildman–Crippen LogP) is 3.96. The third-order valence-electron chi connectivity index (χ3n) is 4.61. The summed E-state index contributed by atoms with van der Waals surface area (Å²) in [6.07, 6.45) is 1.78. The highest BCUT2D eigenvalue weighted by atomic mass is 16.5. The van der Waals surface area contributed by atoms with Crippen LogP contribution < -0.4 is 5.32 Å². The van der Waals surface area contributed by atoms with Gasteiger partial charge < -0.3 is 10.1 Å². The first kappa shape index (κ1) is 15.4. The highest BCUT2D eigenvalue weighted by Gasteiger charge is 2.35. The summed E-state index contributed by atoms with van der Waals surface area (Å²) in [6.45, 7) is 4.06. The van der Waals surface area contributed by atoms with Crippen LogP contribution in [0.5, 0.6) is 0 Å². The molecule has 4 rings (SSSR count). The number of fused-ring (bicyclic) bond motifs is 2. The number of carbonyl (C=O) groups is 1. The zero-order valence-electron chi connectivity index (χ0n) is 14.2. The van der Waals surface area contributed by atoms with E-state index in [4.69, 9.17) is 4.74 Å². The fourth-order valence-corrected chi connectivity index (χ4v) is 3.55. The van der Waals surface area contributed by atoms with E-state index in [0.717, 1.165) is 33.4 Å². The van der Waals surface area contributed by atoms with Crippen molar-refractivity contribution >= 4 is 22.6 Å². The summed E-state index contributed by atoms with van der Waals surface area (Å²) in [4.78, 5) is 12.7. The number of H-pyrrole nitrogens is 1. The number of aromatic nitrogens is 2. The molecule has 0 saturated heterocycles. The Labute approximate surface area is 145 Å². The number of hydrogen-bond donors (Lipinski definition) is 2. The summed E-state index contributed by atoms with van der Waals surface area (Å²) in [5, 5.41) is 12.7. The average Bonchev–Trinajstić information content (AvgIpc) is 3.08. The summed E-state index contributed by atoms with van der Waals surface area (Å²) in [7, 11) is 0. The van der Waals surface area contributed by atoms with Crippen LogP contribution in [0.1, 0.15) is 30.9 Å². The number of rotatable bonds is 3. The molecule has 2 N–H and O–H groups in total. The minimum Gasteiger partial charge on any atom is -0.463 e. The highest BCUT2D eigenvalue weighted by molar-refractivity contribution is 5.97. The van der Waals surface area contributed by atoms with Crippen LogP contribution in [0.15, 0.2) is 59.9 Å². The van der Waals surface area contributed by atoms with E-state index in [1.165, 1.54) is 0 Å². The standard InChI is InChI=1S/C20H19N3O2/c1-3-25-20(24)17-12(2)22-19-16(11-21-23-19)18(17)15-10-6-8-13-7-4-5-9-14(13)15/h4-11,18H,3H2,1-2H3,(H2,21,22,23). The van der Waals surface area contributed by atoms with Gasteiger partial charge in [-0.1, -0.05) is 42.5 Å². The van der Waals surface area contributed by atoms with E-state index in [-0.39, 0.29) is 11.9 Å². The van der Waals surface area contributed by atoms with Gasteiger partial charge >= 0.3 is 5.97 Å². The van der Waals surface area contributed by atoms with Crippen LogP contribution in [-0.4, -0.2) is 22.8 Å². The van der Waals surface area contributed by atoms with Crippen molar-refractivity contribution in [1.29, 1.82) is 0 Å². The van der Waals surface area contributed by atoms with Crippen LogP contribution in [0.25, 0.3) is 10.8 Å². The van der Waals surface area contributed by atoms with E-state index < -0.39 is 0 Å². The molecule has 2 aromatic carbocycles. The molecule has 1 aliphatic rings. The number of carbonyl (C=O) groups excluding carboxylic acids is 1. The number of benzene rings is 2. The summed E-state index contributed by atoms with van der Waals surface area (Å²) in [5.41, 5.74) is 3.44. The van der Waals surface area contributed by atoms with Gasteiger partial charge in [-0.2, -0.15) is 5.10 Å². The van der Waals surface area contributed by atoms with Crippen molar-refractivity contribution < 1.29 is 9.53 Å². The molecule has 0 bridgehead atoms. The molecule has 5 nitrogen and oxygen atoms in total. The van der Waals surface area contributed by atoms with E-state index >= 15 is 0 Å². The molecule has 1 atom stereocenters. The van der Waals surface area contributed by atoms with Crippen LogP contribution in [-0.2, 0) is 9.53 Å². The van der Waals surface area contributed by atoms with Gasteiger partial charge in [-0.15, -0.1) is 0 Å². The topological polar surface area (TPSA) is 67.0 Å². The van der Waals surface area contributed by atoms with Crippen LogP contribution in [0.3, 0.4) is 0 Å². The molecule has 0 saturated carbocycles. The van der Waals surface area contributed by atoms with Crippen molar-refractivity contribution in [1.82, 2.24) is 10.2 Å². The fourth-order valence-electron chi connectivity index (χ4n) is 3.55. The molecule has 1 aromatic heterocycles. The van der Waals surface area contributed by atoms with Crippen molar-refractivity contribution in [3.8, 4) is 0 Å². The van der Waals surface area contributed by atoms with E-state index in [1.54, 1.807) is 6.20 Å². The number of allylic oxidation sites excluding steroid dienone is 1. The number of hydrogen-bond acceptors (Lipinski definition) is 4. The van der Waals surface area contributed by atoms with Gasteiger partial charge in [-0.05, 0) is 30.2 Å². The van der Waals surface area contributed by atoms with Gasteiger partial charge in [-0.3, -0.25) is 5.10 Å². The SMILES string of the molecule is CCOC(=O)C1=C(C)Nc2[nH]ncc2C1c1cccc2ccccc12. The molecule has 0 aliphatic carbocycles. The number of anilines is 1. The summed E-state index contributed by atoms with van der Waals surface area (Å²) < 4.78 is 5.34. The molecular formula is C20H19N3O2. The first-order chi connectivity index (χ1) is 12.2. The third kappa shape index (κ3) is 2.48. The van der Waals surface area contributed by atoms with Gasteiger partial charge in [0.05, 0.1) is 18.4 Å². The Bertz CT molecular complexity index is 982. The number of esters is 1. The minimum atomic E-state index is -0.294. The lowest BCUT2D eigenvalue weighted by Gasteiger charge is -2.28. The lowest BCUT2D eigenvalue weighted by molar-refractivity contribution is -0.138. The first-order valence-corrected chi connectivity index (χ1v) is 8.36. The maximum absolute atomic E-state index is 12.7. The van der Waals surface area contributed by atoms with Gasteiger partial charge in [0.1, 0.15) is 5.82 Å². The van der Waals surface area contributed by atoms with Crippen LogP contribution in [0.2, 0.25) is 0 Å². The van der Waals surface area contributed by atoms with E-state index in [2.05, 4.69) is 39.8 Å². The van der Waals surface area contributed by atoms with Crippen LogP contribution in [0.4, 0.5) is 5.82 Å². The number of nitrogens with one attached hydrogen (secondary N) is 2. The molecule has 0 spiro atoms. The Balaban J connectivity index is 1.97.